The molecule has 0 saturated heterocycles. The molecule has 0 bridgehead atoms. The van der Waals surface area contributed by atoms with E-state index in [1.165, 1.54) is 0 Å². The molecule has 1 N–H and O–H groups in total. The minimum atomic E-state index is -4.05. The monoisotopic (exact) mass is 242 g/mol. The first-order chi connectivity index (χ1) is 6.58. The largest absolute Gasteiger partial charge is 0.481 e. The third-order valence-electron chi connectivity index (χ3n) is 2.77. The first kappa shape index (κ1) is 12.4. The molecule has 1 aliphatic rings. The molecule has 2 nitrogen and oxygen atoms in total. The number of carbonyl (C=O) groups is 1. The SMILES string of the molecule is CC1(C)[C@H](/C=C(\F)C(F)(F)Cl)[C@@H]1C(=O)O. The Kier molecular flexibility index (Phi) is 2.80. The van der Waals surface area contributed by atoms with Crippen LogP contribution in [0.5, 0.6) is 0 Å². The molecule has 0 heterocycles. The van der Waals surface area contributed by atoms with Crippen LogP contribution >= 0.6 is 11.6 Å². The fourth-order valence-corrected chi connectivity index (χ4v) is 1.78. The molecule has 0 spiro atoms. The molecule has 1 rings (SSSR count). The maximum absolute atomic E-state index is 12.8. The molecule has 0 aromatic rings. The van der Waals surface area contributed by atoms with Crippen molar-refractivity contribution in [3.8, 4) is 0 Å². The zero-order chi connectivity index (χ0) is 12.0. The quantitative estimate of drug-likeness (QED) is 0.773. The maximum atomic E-state index is 12.8. The molecule has 2 atom stereocenters. The Morgan fingerprint density at radius 2 is 2.00 bits per heavy atom. The number of hydrogen-bond donors (Lipinski definition) is 1. The van der Waals surface area contributed by atoms with Crippen molar-refractivity contribution < 1.29 is 23.1 Å². The fourth-order valence-electron chi connectivity index (χ4n) is 1.71. The van der Waals surface area contributed by atoms with E-state index in [0.29, 0.717) is 6.08 Å². The van der Waals surface area contributed by atoms with E-state index in [9.17, 15) is 18.0 Å². The normalized spacial score (nSPS) is 30.1. The van der Waals surface area contributed by atoms with Gasteiger partial charge in [-0.15, -0.1) is 0 Å². The molecule has 0 aromatic carbocycles. The summed E-state index contributed by atoms with van der Waals surface area (Å²) in [4.78, 5) is 10.6. The molecule has 6 heteroatoms. The lowest BCUT2D eigenvalue weighted by molar-refractivity contribution is -0.139. The van der Waals surface area contributed by atoms with Gasteiger partial charge in [-0.1, -0.05) is 13.8 Å². The smallest absolute Gasteiger partial charge is 0.373 e. The van der Waals surface area contributed by atoms with Gasteiger partial charge in [0.25, 0.3) is 0 Å². The number of carboxylic acid groups (broad SMARTS) is 1. The third-order valence-corrected chi connectivity index (χ3v) is 2.95. The van der Waals surface area contributed by atoms with Gasteiger partial charge in [-0.2, -0.15) is 8.78 Å². The molecule has 0 aromatic heterocycles. The maximum Gasteiger partial charge on any atom is 0.373 e. The number of hydrogen-bond acceptors (Lipinski definition) is 1. The van der Waals surface area contributed by atoms with E-state index in [1.54, 1.807) is 13.8 Å². The number of aliphatic carboxylic acids is 1. The number of allylic oxidation sites excluding steroid dienone is 2. The standard InChI is InChI=1S/C9H10ClF3O2/c1-8(2)4(6(8)7(14)15)3-5(11)9(10,12)13/h3-4,6H,1-2H3,(H,14,15)/b5-3-/t4-,6-/m1/s1. The lowest BCUT2D eigenvalue weighted by atomic mass is 10.1. The average molecular weight is 243 g/mol. The average Bonchev–Trinajstić information content (AvgIpc) is 2.50. The van der Waals surface area contributed by atoms with Crippen LogP contribution in [0, 0.1) is 17.3 Å². The van der Waals surface area contributed by atoms with E-state index < -0.39 is 34.4 Å². The summed E-state index contributed by atoms with van der Waals surface area (Å²) in [5.74, 6) is -4.47. The van der Waals surface area contributed by atoms with Gasteiger partial charge in [0.15, 0.2) is 5.83 Å². The van der Waals surface area contributed by atoms with Crippen LogP contribution < -0.4 is 0 Å². The van der Waals surface area contributed by atoms with Gasteiger partial charge >= 0.3 is 11.4 Å². The lowest BCUT2D eigenvalue weighted by Crippen LogP contribution is -2.07. The van der Waals surface area contributed by atoms with Crippen molar-refractivity contribution in [2.24, 2.45) is 17.3 Å². The van der Waals surface area contributed by atoms with Gasteiger partial charge in [0.05, 0.1) is 5.92 Å². The van der Waals surface area contributed by atoms with Gasteiger partial charge in [-0.3, -0.25) is 4.79 Å². The van der Waals surface area contributed by atoms with E-state index in [4.69, 9.17) is 5.11 Å². The van der Waals surface area contributed by atoms with Crippen molar-refractivity contribution in [1.82, 2.24) is 0 Å². The molecule has 0 aliphatic heterocycles. The van der Waals surface area contributed by atoms with Crippen LogP contribution in [0.25, 0.3) is 0 Å². The molecule has 0 radical (unpaired) electrons. The van der Waals surface area contributed by atoms with Crippen LogP contribution in [-0.2, 0) is 4.79 Å². The van der Waals surface area contributed by atoms with Gasteiger partial charge in [-0.25, -0.2) is 4.39 Å². The van der Waals surface area contributed by atoms with Crippen LogP contribution in [0.1, 0.15) is 13.8 Å². The highest BCUT2D eigenvalue weighted by atomic mass is 35.5. The summed E-state index contributed by atoms with van der Waals surface area (Å²) in [6, 6.07) is 0. The summed E-state index contributed by atoms with van der Waals surface area (Å²) in [7, 11) is 0. The number of halogens is 4. The van der Waals surface area contributed by atoms with Crippen molar-refractivity contribution in [2.75, 3.05) is 0 Å². The predicted octanol–water partition coefficient (Wildman–Crippen LogP) is 3.03. The second kappa shape index (κ2) is 3.40. The molecule has 0 unspecified atom stereocenters. The third kappa shape index (κ3) is 2.27. The van der Waals surface area contributed by atoms with Gasteiger partial charge < -0.3 is 5.11 Å². The first-order valence-electron chi connectivity index (χ1n) is 4.26. The topological polar surface area (TPSA) is 37.3 Å². The van der Waals surface area contributed by atoms with Gasteiger partial charge in [-0.05, 0) is 29.0 Å². The van der Waals surface area contributed by atoms with E-state index in [-0.39, 0.29) is 0 Å². The van der Waals surface area contributed by atoms with E-state index >= 15 is 0 Å². The highest BCUT2D eigenvalue weighted by Crippen LogP contribution is 2.59. The van der Waals surface area contributed by atoms with Crippen molar-refractivity contribution in [3.63, 3.8) is 0 Å². The Hall–Kier alpha value is -0.710. The minimum Gasteiger partial charge on any atom is -0.481 e. The number of rotatable bonds is 3. The van der Waals surface area contributed by atoms with Gasteiger partial charge in [0.2, 0.25) is 0 Å². The van der Waals surface area contributed by atoms with E-state index in [0.717, 1.165) is 0 Å². The molecular weight excluding hydrogens is 233 g/mol. The van der Waals surface area contributed by atoms with Crippen molar-refractivity contribution >= 4 is 17.6 Å². The van der Waals surface area contributed by atoms with Crippen LogP contribution in [0.3, 0.4) is 0 Å². The number of alkyl halides is 3. The van der Waals surface area contributed by atoms with E-state index in [1.807, 2.05) is 0 Å². The van der Waals surface area contributed by atoms with Crippen molar-refractivity contribution in [3.05, 3.63) is 11.9 Å². The molecule has 1 saturated carbocycles. The first-order valence-corrected chi connectivity index (χ1v) is 4.63. The van der Waals surface area contributed by atoms with Gasteiger partial charge in [0.1, 0.15) is 0 Å². The molecule has 1 aliphatic carbocycles. The Bertz CT molecular complexity index is 320. The van der Waals surface area contributed by atoms with Crippen molar-refractivity contribution in [2.45, 2.75) is 19.2 Å². The molecular formula is C9H10ClF3O2. The fraction of sp³-hybridized carbons (Fsp3) is 0.667. The Morgan fingerprint density at radius 3 is 2.27 bits per heavy atom. The second-order valence-corrected chi connectivity index (χ2v) is 4.65. The Labute approximate surface area is 89.7 Å². The zero-order valence-corrected chi connectivity index (χ0v) is 8.86. The van der Waals surface area contributed by atoms with Crippen LogP contribution in [0.2, 0.25) is 0 Å². The summed E-state index contributed by atoms with van der Waals surface area (Å²) < 4.78 is 37.3. The van der Waals surface area contributed by atoms with Crippen molar-refractivity contribution in [1.29, 1.82) is 0 Å². The van der Waals surface area contributed by atoms with Crippen LogP contribution in [0.4, 0.5) is 13.2 Å². The van der Waals surface area contributed by atoms with Crippen LogP contribution in [0.15, 0.2) is 11.9 Å². The summed E-state index contributed by atoms with van der Waals surface area (Å²) in [6.45, 7) is 3.15. The van der Waals surface area contributed by atoms with Gasteiger partial charge in [0, 0.05) is 0 Å². The van der Waals surface area contributed by atoms with Crippen LogP contribution in [-0.4, -0.2) is 16.5 Å². The zero-order valence-electron chi connectivity index (χ0n) is 8.10. The Balaban J connectivity index is 2.83. The predicted molar refractivity (Wildman–Crippen MR) is 48.4 cm³/mol. The molecule has 0 amide bonds. The second-order valence-electron chi connectivity index (χ2n) is 4.18. The Morgan fingerprint density at radius 1 is 1.53 bits per heavy atom. The molecule has 1 fully saturated rings. The molecule has 86 valence electrons. The summed E-state index contributed by atoms with van der Waals surface area (Å²) in [5.41, 5.74) is -0.703. The number of carboxylic acids is 1. The summed E-state index contributed by atoms with van der Waals surface area (Å²) in [6.07, 6.45) is 0.603. The summed E-state index contributed by atoms with van der Waals surface area (Å²) >= 11 is 4.45. The highest BCUT2D eigenvalue weighted by molar-refractivity contribution is 6.23. The van der Waals surface area contributed by atoms with E-state index in [2.05, 4.69) is 11.6 Å². The molecule has 15 heavy (non-hydrogen) atoms. The lowest BCUT2D eigenvalue weighted by Gasteiger charge is -2.04. The minimum absolute atomic E-state index is 0.603. The highest BCUT2D eigenvalue weighted by Gasteiger charge is 2.61. The summed E-state index contributed by atoms with van der Waals surface area (Å²) in [5, 5.41) is 4.65.